The van der Waals surface area contributed by atoms with Gasteiger partial charge in [0, 0.05) is 77.8 Å². The number of hydrogen-bond acceptors (Lipinski definition) is 12. The van der Waals surface area contributed by atoms with Gasteiger partial charge in [0.2, 0.25) is 0 Å². The average Bonchev–Trinajstić information content (AvgIpc) is 3.98. The summed E-state index contributed by atoms with van der Waals surface area (Å²) in [6.07, 6.45) is 9.86. The number of hydrogen-bond donors (Lipinski definition) is 4. The van der Waals surface area contributed by atoms with Gasteiger partial charge in [0.05, 0.1) is 39.0 Å². The van der Waals surface area contributed by atoms with Gasteiger partial charge in [0.25, 0.3) is 23.6 Å². The van der Waals surface area contributed by atoms with Gasteiger partial charge in [0.1, 0.15) is 23.8 Å². The number of amides is 4. The molecule has 8 rings (SSSR count). The third-order valence-electron chi connectivity index (χ3n) is 10.8. The average molecular weight is 1060 g/mol. The Kier molecular flexibility index (Phi) is 19.4. The van der Waals surface area contributed by atoms with Crippen LogP contribution in [0.4, 0.5) is 11.6 Å². The number of pyridine rings is 4. The number of nitriles is 2. The van der Waals surface area contributed by atoms with Crippen LogP contribution < -0.4 is 25.9 Å². The molecule has 20 heteroatoms. The first-order valence-corrected chi connectivity index (χ1v) is 23.0. The zero-order valence-corrected chi connectivity index (χ0v) is 42.2. The minimum atomic E-state index is -1.49. The Bertz CT molecular complexity index is 3330. The van der Waals surface area contributed by atoms with Crippen LogP contribution in [0, 0.1) is 22.7 Å². The molecule has 0 aliphatic rings. The van der Waals surface area contributed by atoms with Gasteiger partial charge in [-0.05, 0) is 141 Å². The first-order valence-electron chi connectivity index (χ1n) is 22.2. The number of nitrogens with one attached hydrogen (secondary N) is 2. The molecule has 4 amide bonds. The third-order valence-corrected chi connectivity index (χ3v) is 11.4. The van der Waals surface area contributed by atoms with Gasteiger partial charge in [0.15, 0.2) is 0 Å². The first kappa shape index (κ1) is 58.0. The topological polar surface area (TPSA) is 247 Å². The number of carbonyl (C=O) groups excluding carboxylic acids is 4. The van der Waals surface area contributed by atoms with Crippen LogP contribution in [-0.2, 0) is 0 Å². The lowest BCUT2D eigenvalue weighted by Crippen LogP contribution is -2.46. The summed E-state index contributed by atoms with van der Waals surface area (Å²) in [5, 5.41) is 49.2. The zero-order chi connectivity index (χ0) is 52.5. The number of halogens is 1. The van der Waals surface area contributed by atoms with Gasteiger partial charge in [-0.3, -0.25) is 29.0 Å². The molecule has 0 unspecified atom stereocenters. The largest absolute Gasteiger partial charge is 0.488 e. The first-order chi connectivity index (χ1) is 34.2. The van der Waals surface area contributed by atoms with Crippen molar-refractivity contribution in [2.45, 2.75) is 67.5 Å². The monoisotopic (exact) mass is 1060 g/mol. The third kappa shape index (κ3) is 13.5. The molecule has 6 aromatic heterocycles. The molecule has 74 heavy (non-hydrogen) atoms. The number of anilines is 2. The highest BCUT2D eigenvalue weighted by molar-refractivity contribution is 9.10. The van der Waals surface area contributed by atoms with Crippen LogP contribution in [-0.4, -0.2) is 95.2 Å². The van der Waals surface area contributed by atoms with Gasteiger partial charge in [-0.15, -0.1) is 0 Å². The van der Waals surface area contributed by atoms with Crippen molar-refractivity contribution in [1.29, 1.82) is 10.5 Å². The van der Waals surface area contributed by atoms with E-state index in [-0.39, 0.29) is 38.5 Å². The van der Waals surface area contributed by atoms with Crippen LogP contribution in [0.25, 0.3) is 22.2 Å². The van der Waals surface area contributed by atoms with E-state index in [1.807, 2.05) is 65.8 Å². The fraction of sp³-hybridized carbons (Fsp3) is 0.222. The highest BCUT2D eigenvalue weighted by atomic mass is 79.9. The predicted molar refractivity (Wildman–Crippen MR) is 291 cm³/mol. The van der Waals surface area contributed by atoms with E-state index in [4.69, 9.17) is 20.6 Å². The summed E-state index contributed by atoms with van der Waals surface area (Å²) in [5.74, 6) is 0.241. The lowest BCUT2D eigenvalue weighted by molar-refractivity contribution is 0.0955. The number of fused-ring (bicyclic) bond motifs is 2. The van der Waals surface area contributed by atoms with Gasteiger partial charge < -0.3 is 20.7 Å². The van der Waals surface area contributed by atoms with E-state index >= 15 is 0 Å². The van der Waals surface area contributed by atoms with Gasteiger partial charge in [-0.1, -0.05) is 39.1 Å². The zero-order valence-electron chi connectivity index (χ0n) is 40.7. The molecule has 0 radical (unpaired) electrons. The Morgan fingerprint density at radius 2 is 1.01 bits per heavy atom. The Labute approximate surface area is 439 Å². The molecule has 0 spiro atoms. The number of carbonyl (C=O) groups is 4. The fourth-order valence-electron chi connectivity index (χ4n) is 7.25. The standard InChI is InChI=1S/C26H24N6O2.C18H16BrN5O.C8H10BNO3.2CH4/c1-26(2,3)32(23-10-5-17(14-27)15-29-23)25(34)20-11-12-31-22(13-20)21(16-30-31)18-6-8-19(9-7-18)24(33)28-4;1-18(2,3)24(16-5-4-12(9-20)10-21-16)17(25)13-6-7-23-15(8-13)14(19)11-22-23;1-10-8(11)6-2-4-7(5-3-6)9(12)13;;/h5-13,15-16H,1-4H3,(H,28,33);4-8,10-11H,1-3H3;2-5,12-13H,1H3,(H,10,11);2*1H4. The molecule has 0 bridgehead atoms. The van der Waals surface area contributed by atoms with Crippen molar-refractivity contribution in [1.82, 2.24) is 39.8 Å². The van der Waals surface area contributed by atoms with E-state index in [9.17, 15) is 19.2 Å². The molecule has 0 aliphatic carbocycles. The van der Waals surface area contributed by atoms with Crippen molar-refractivity contribution in [3.8, 4) is 23.3 Å². The van der Waals surface area contributed by atoms with Crippen LogP contribution in [0.15, 0.2) is 139 Å². The Morgan fingerprint density at radius 3 is 1.41 bits per heavy atom. The van der Waals surface area contributed by atoms with Crippen LogP contribution in [0.2, 0.25) is 0 Å². The maximum absolute atomic E-state index is 13.7. The van der Waals surface area contributed by atoms with Crippen LogP contribution in [0.5, 0.6) is 0 Å². The second-order valence-electron chi connectivity index (χ2n) is 17.9. The number of rotatable bonds is 8. The molecular weight excluding hydrogens is 1000 g/mol. The van der Waals surface area contributed by atoms with E-state index < -0.39 is 18.2 Å². The Balaban J connectivity index is 0.000000260. The lowest BCUT2D eigenvalue weighted by atomic mass is 9.80. The summed E-state index contributed by atoms with van der Waals surface area (Å²) in [4.78, 5) is 61.6. The van der Waals surface area contributed by atoms with Crippen molar-refractivity contribution in [3.05, 3.63) is 172 Å². The molecule has 8 aromatic rings. The Morgan fingerprint density at radius 1 is 0.595 bits per heavy atom. The lowest BCUT2D eigenvalue weighted by Gasteiger charge is -2.34. The maximum atomic E-state index is 13.7. The summed E-state index contributed by atoms with van der Waals surface area (Å²) >= 11 is 3.44. The van der Waals surface area contributed by atoms with E-state index in [2.05, 4.69) is 46.7 Å². The van der Waals surface area contributed by atoms with Gasteiger partial charge >= 0.3 is 7.12 Å². The number of aromatic nitrogens is 6. The van der Waals surface area contributed by atoms with Crippen molar-refractivity contribution < 1.29 is 29.2 Å². The van der Waals surface area contributed by atoms with E-state index in [0.29, 0.717) is 50.5 Å². The molecule has 380 valence electrons. The quantitative estimate of drug-likeness (QED) is 0.106. The molecular formula is C54H58BBrN12O6. The second-order valence-corrected chi connectivity index (χ2v) is 18.8. The van der Waals surface area contributed by atoms with E-state index in [1.54, 1.807) is 111 Å². The summed E-state index contributed by atoms with van der Waals surface area (Å²) in [6, 6.07) is 31.1. The normalized spacial score (nSPS) is 10.6. The minimum absolute atomic E-state index is 0. The summed E-state index contributed by atoms with van der Waals surface area (Å²) in [7, 11) is 1.64. The highest BCUT2D eigenvalue weighted by Gasteiger charge is 2.32. The maximum Gasteiger partial charge on any atom is 0.488 e. The molecule has 0 saturated carbocycles. The van der Waals surface area contributed by atoms with Crippen LogP contribution in [0.3, 0.4) is 0 Å². The van der Waals surface area contributed by atoms with Crippen molar-refractivity contribution in [3.63, 3.8) is 0 Å². The highest BCUT2D eigenvalue weighted by Crippen LogP contribution is 2.30. The number of nitrogens with zero attached hydrogens (tertiary/aromatic N) is 10. The second kappa shape index (κ2) is 24.7. The smallest absolute Gasteiger partial charge is 0.423 e. The van der Waals surface area contributed by atoms with Gasteiger partial charge in [-0.2, -0.15) is 20.7 Å². The van der Waals surface area contributed by atoms with Crippen LogP contribution in [0.1, 0.15) is 109 Å². The van der Waals surface area contributed by atoms with Gasteiger partial charge in [-0.25, -0.2) is 19.0 Å². The summed E-state index contributed by atoms with van der Waals surface area (Å²) in [5.41, 5.74) is 5.59. The molecule has 6 heterocycles. The van der Waals surface area contributed by atoms with E-state index in [0.717, 1.165) is 26.6 Å². The predicted octanol–water partition coefficient (Wildman–Crippen LogP) is 7.88. The SMILES string of the molecule is C.C.CC(C)(C)N(C(=O)c1ccn2ncc(Br)c2c1)c1ccc(C#N)cn1.CNC(=O)c1ccc(-c2cnn3ccc(C(=O)N(c4ccc(C#N)cn4)C(C)(C)C)cc23)cc1.CNC(=O)c1ccc(B(O)O)cc1. The molecule has 2 aromatic carbocycles. The minimum Gasteiger partial charge on any atom is -0.423 e. The molecule has 0 fully saturated rings. The number of benzene rings is 2. The fourth-order valence-corrected chi connectivity index (χ4v) is 7.64. The molecule has 0 aliphatic heterocycles. The van der Waals surface area contributed by atoms with E-state index in [1.165, 1.54) is 43.7 Å². The summed E-state index contributed by atoms with van der Waals surface area (Å²) < 4.78 is 4.23. The molecule has 0 atom stereocenters. The summed E-state index contributed by atoms with van der Waals surface area (Å²) in [6.45, 7) is 11.6. The van der Waals surface area contributed by atoms with Crippen molar-refractivity contribution in [2.75, 3.05) is 23.9 Å². The molecule has 4 N–H and O–H groups in total. The molecule has 18 nitrogen and oxygen atoms in total. The van der Waals surface area contributed by atoms with Crippen LogP contribution >= 0.6 is 15.9 Å². The van der Waals surface area contributed by atoms with Crippen molar-refractivity contribution in [2.24, 2.45) is 0 Å². The van der Waals surface area contributed by atoms with Crippen molar-refractivity contribution >= 4 is 74.8 Å². The Hall–Kier alpha value is -8.56. The molecule has 0 saturated heterocycles.